The van der Waals surface area contributed by atoms with Crippen molar-refractivity contribution >= 4 is 11.6 Å². The van der Waals surface area contributed by atoms with E-state index >= 15 is 0 Å². The second kappa shape index (κ2) is 8.13. The van der Waals surface area contributed by atoms with Crippen molar-refractivity contribution in [2.24, 2.45) is 0 Å². The van der Waals surface area contributed by atoms with E-state index in [1.165, 1.54) is 12.1 Å². The summed E-state index contributed by atoms with van der Waals surface area (Å²) in [6, 6.07) is 21.2. The van der Waals surface area contributed by atoms with Crippen molar-refractivity contribution in [1.82, 2.24) is 4.90 Å². The molecule has 0 radical (unpaired) electrons. The maximum absolute atomic E-state index is 14.0. The van der Waals surface area contributed by atoms with Gasteiger partial charge in [-0.3, -0.25) is 9.69 Å². The molecule has 1 aliphatic heterocycles. The Morgan fingerprint density at radius 3 is 2.28 bits per heavy atom. The van der Waals surface area contributed by atoms with Gasteiger partial charge in [0.15, 0.2) is 0 Å². The fourth-order valence-electron chi connectivity index (χ4n) is 3.72. The van der Waals surface area contributed by atoms with Crippen LogP contribution in [-0.2, 0) is 11.3 Å². The van der Waals surface area contributed by atoms with Crippen molar-refractivity contribution < 1.29 is 13.6 Å². The number of hydrogen-bond donors (Lipinski definition) is 0. The van der Waals surface area contributed by atoms with Crippen molar-refractivity contribution in [3.63, 3.8) is 0 Å². The zero-order valence-electron chi connectivity index (χ0n) is 16.2. The third-order valence-corrected chi connectivity index (χ3v) is 5.46. The van der Waals surface area contributed by atoms with Crippen molar-refractivity contribution in [3.05, 3.63) is 90.0 Å². The molecule has 29 heavy (non-hydrogen) atoms. The van der Waals surface area contributed by atoms with Gasteiger partial charge in [0.2, 0.25) is 5.91 Å². The normalized spacial score (nSPS) is 17.6. The van der Waals surface area contributed by atoms with E-state index in [1.54, 1.807) is 4.90 Å². The fourth-order valence-corrected chi connectivity index (χ4v) is 3.72. The minimum absolute atomic E-state index is 0.0220. The summed E-state index contributed by atoms with van der Waals surface area (Å²) < 4.78 is 27.1. The molecule has 3 nitrogen and oxygen atoms in total. The van der Waals surface area contributed by atoms with Gasteiger partial charge in [-0.1, -0.05) is 48.5 Å². The topological polar surface area (TPSA) is 23.6 Å². The number of carbonyl (C=O) groups is 1. The average molecular weight is 392 g/mol. The molecule has 0 spiro atoms. The van der Waals surface area contributed by atoms with Crippen molar-refractivity contribution in [2.75, 3.05) is 18.0 Å². The molecule has 0 saturated carbocycles. The predicted molar refractivity (Wildman–Crippen MR) is 110 cm³/mol. The van der Waals surface area contributed by atoms with Crippen LogP contribution in [0.1, 0.15) is 12.5 Å². The highest BCUT2D eigenvalue weighted by atomic mass is 19.1. The van der Waals surface area contributed by atoms with Crippen molar-refractivity contribution in [1.29, 1.82) is 0 Å². The second-order valence-corrected chi connectivity index (χ2v) is 7.28. The number of hydrogen-bond acceptors (Lipinski definition) is 2. The zero-order valence-corrected chi connectivity index (χ0v) is 16.2. The molecule has 0 aromatic heterocycles. The third kappa shape index (κ3) is 4.05. The van der Waals surface area contributed by atoms with Crippen LogP contribution in [0.2, 0.25) is 0 Å². The van der Waals surface area contributed by atoms with E-state index in [4.69, 9.17) is 0 Å². The monoisotopic (exact) mass is 392 g/mol. The standard InChI is InChI=1S/C24H22F2N2O/c1-17-24(29)28(14-13-27(17)16-20-7-10-21(25)15-23(20)26)22-11-8-19(9-12-22)18-5-3-2-4-6-18/h2-12,15,17H,13-14,16H2,1H3/t17-/m1/s1. The van der Waals surface area contributed by atoms with Gasteiger partial charge in [-0.2, -0.15) is 0 Å². The summed E-state index contributed by atoms with van der Waals surface area (Å²) in [5, 5.41) is 0. The van der Waals surface area contributed by atoms with Gasteiger partial charge in [-0.15, -0.1) is 0 Å². The zero-order chi connectivity index (χ0) is 20.4. The molecule has 3 aromatic rings. The van der Waals surface area contributed by atoms with Crippen LogP contribution in [-0.4, -0.2) is 29.9 Å². The maximum Gasteiger partial charge on any atom is 0.244 e. The van der Waals surface area contributed by atoms with E-state index in [2.05, 4.69) is 12.1 Å². The molecular weight excluding hydrogens is 370 g/mol. The highest BCUT2D eigenvalue weighted by Crippen LogP contribution is 2.26. The van der Waals surface area contributed by atoms with Crippen molar-refractivity contribution in [3.8, 4) is 11.1 Å². The number of amides is 1. The SMILES string of the molecule is C[C@@H]1C(=O)N(c2ccc(-c3ccccc3)cc2)CCN1Cc1ccc(F)cc1F. The van der Waals surface area contributed by atoms with Gasteiger partial charge >= 0.3 is 0 Å². The molecule has 0 aliphatic carbocycles. The summed E-state index contributed by atoms with van der Waals surface area (Å²) in [5.41, 5.74) is 3.48. The second-order valence-electron chi connectivity index (χ2n) is 7.28. The van der Waals surface area contributed by atoms with Crippen LogP contribution in [0.15, 0.2) is 72.8 Å². The van der Waals surface area contributed by atoms with Crippen LogP contribution in [0, 0.1) is 11.6 Å². The van der Waals surface area contributed by atoms with Crippen LogP contribution in [0.5, 0.6) is 0 Å². The lowest BCUT2D eigenvalue weighted by atomic mass is 10.0. The summed E-state index contributed by atoms with van der Waals surface area (Å²) in [5.74, 6) is -1.20. The Morgan fingerprint density at radius 1 is 0.897 bits per heavy atom. The minimum atomic E-state index is -0.598. The Bertz CT molecular complexity index is 1010. The van der Waals surface area contributed by atoms with Crippen LogP contribution in [0.3, 0.4) is 0 Å². The number of rotatable bonds is 4. The summed E-state index contributed by atoms with van der Waals surface area (Å²) >= 11 is 0. The van der Waals surface area contributed by atoms with E-state index in [0.717, 1.165) is 22.9 Å². The first-order chi connectivity index (χ1) is 14.0. The molecule has 1 atom stereocenters. The van der Waals surface area contributed by atoms with Crippen LogP contribution in [0.4, 0.5) is 14.5 Å². The van der Waals surface area contributed by atoms with Gasteiger partial charge in [-0.25, -0.2) is 8.78 Å². The van der Waals surface area contributed by atoms with Gasteiger partial charge in [0, 0.05) is 37.0 Å². The summed E-state index contributed by atoms with van der Waals surface area (Å²) in [6.07, 6.45) is 0. The van der Waals surface area contributed by atoms with E-state index in [0.29, 0.717) is 18.7 Å². The molecule has 1 aliphatic rings. The molecular formula is C24H22F2N2O. The molecule has 5 heteroatoms. The van der Waals surface area contributed by atoms with E-state index in [9.17, 15) is 13.6 Å². The Balaban J connectivity index is 1.47. The van der Waals surface area contributed by atoms with E-state index in [1.807, 2.05) is 54.3 Å². The third-order valence-electron chi connectivity index (χ3n) is 5.46. The number of halogens is 2. The minimum Gasteiger partial charge on any atom is -0.310 e. The summed E-state index contributed by atoms with van der Waals surface area (Å²) in [7, 11) is 0. The van der Waals surface area contributed by atoms with E-state index in [-0.39, 0.29) is 18.5 Å². The van der Waals surface area contributed by atoms with Gasteiger partial charge in [0.1, 0.15) is 11.6 Å². The Kier molecular flexibility index (Phi) is 5.41. The smallest absolute Gasteiger partial charge is 0.244 e. The quantitative estimate of drug-likeness (QED) is 0.633. The van der Waals surface area contributed by atoms with Gasteiger partial charge in [0.25, 0.3) is 0 Å². The highest BCUT2D eigenvalue weighted by Gasteiger charge is 2.32. The number of nitrogens with zero attached hydrogens (tertiary/aromatic N) is 2. The number of piperazine rings is 1. The molecule has 0 bridgehead atoms. The Hall–Kier alpha value is -3.05. The molecule has 1 fully saturated rings. The van der Waals surface area contributed by atoms with Crippen LogP contribution >= 0.6 is 0 Å². The highest BCUT2D eigenvalue weighted by molar-refractivity contribution is 5.97. The van der Waals surface area contributed by atoms with Crippen LogP contribution < -0.4 is 4.90 Å². The van der Waals surface area contributed by atoms with Gasteiger partial charge in [-0.05, 0) is 36.2 Å². The average Bonchev–Trinajstić information content (AvgIpc) is 2.74. The lowest BCUT2D eigenvalue weighted by Crippen LogP contribution is -2.55. The molecule has 1 saturated heterocycles. The Labute approximate surface area is 169 Å². The maximum atomic E-state index is 14.0. The summed E-state index contributed by atoms with van der Waals surface area (Å²) in [4.78, 5) is 16.6. The first-order valence-corrected chi connectivity index (χ1v) is 9.68. The molecule has 0 N–H and O–H groups in total. The lowest BCUT2D eigenvalue weighted by molar-refractivity contribution is -0.125. The largest absolute Gasteiger partial charge is 0.310 e. The first-order valence-electron chi connectivity index (χ1n) is 9.68. The molecule has 1 amide bonds. The summed E-state index contributed by atoms with van der Waals surface area (Å²) in [6.45, 7) is 3.24. The van der Waals surface area contributed by atoms with Gasteiger partial charge < -0.3 is 4.90 Å². The number of carbonyl (C=O) groups excluding carboxylic acids is 1. The Morgan fingerprint density at radius 2 is 1.59 bits per heavy atom. The molecule has 1 heterocycles. The lowest BCUT2D eigenvalue weighted by Gasteiger charge is -2.39. The first kappa shape index (κ1) is 19.3. The molecule has 0 unspecified atom stereocenters. The molecule has 3 aromatic carbocycles. The number of anilines is 1. The van der Waals surface area contributed by atoms with Crippen molar-refractivity contribution in [2.45, 2.75) is 19.5 Å². The fraction of sp³-hybridized carbons (Fsp3) is 0.208. The van der Waals surface area contributed by atoms with Crippen LogP contribution in [0.25, 0.3) is 11.1 Å². The van der Waals surface area contributed by atoms with Gasteiger partial charge in [0.05, 0.1) is 6.04 Å². The predicted octanol–water partition coefficient (Wildman–Crippen LogP) is 4.87. The van der Waals surface area contributed by atoms with E-state index < -0.39 is 11.6 Å². The molecule has 4 rings (SSSR count). The molecule has 148 valence electrons. The number of benzene rings is 3.